The Morgan fingerprint density at radius 3 is 0.714 bits per heavy atom. The van der Waals surface area contributed by atoms with Crippen molar-refractivity contribution in [2.45, 2.75) is 26.2 Å². The van der Waals surface area contributed by atoms with Gasteiger partial charge in [0.1, 0.15) is 0 Å². The Kier molecular flexibility index (Phi) is 58.2. The van der Waals surface area contributed by atoms with Gasteiger partial charge in [0, 0.05) is 51.7 Å². The summed E-state index contributed by atoms with van der Waals surface area (Å²) in [5, 5.41) is 0. The van der Waals surface area contributed by atoms with Gasteiger partial charge in [-0.15, -0.1) is 0 Å². The van der Waals surface area contributed by atoms with Gasteiger partial charge < -0.3 is 0 Å². The molecule has 0 aromatic rings. The van der Waals surface area contributed by atoms with Crippen molar-refractivity contribution in [2.24, 2.45) is 0 Å². The molecule has 0 rings (SSSR count). The molecular formula is C4H14Si2Y. The van der Waals surface area contributed by atoms with E-state index in [4.69, 9.17) is 0 Å². The molecule has 7 heavy (non-hydrogen) atoms. The van der Waals surface area contributed by atoms with E-state index in [0.29, 0.717) is 0 Å². The van der Waals surface area contributed by atoms with Crippen LogP contribution < -0.4 is 0 Å². The largest absolute Gasteiger partial charge is 0.0743 e. The summed E-state index contributed by atoms with van der Waals surface area (Å²) in [4.78, 5) is 0. The van der Waals surface area contributed by atoms with Gasteiger partial charge in [0.2, 0.25) is 0 Å². The second-order valence-corrected chi connectivity index (χ2v) is 3.46. The fourth-order valence-electron chi connectivity index (χ4n) is 0. The van der Waals surface area contributed by atoms with Gasteiger partial charge >= 0.3 is 0 Å². The van der Waals surface area contributed by atoms with Crippen molar-refractivity contribution in [1.29, 1.82) is 0 Å². The van der Waals surface area contributed by atoms with Gasteiger partial charge in [0.05, 0.1) is 0 Å². The van der Waals surface area contributed by atoms with Crippen molar-refractivity contribution in [3.63, 3.8) is 0 Å². The summed E-state index contributed by atoms with van der Waals surface area (Å²) in [6.07, 6.45) is 0. The third kappa shape index (κ3) is 97.8. The molecule has 0 fully saturated rings. The van der Waals surface area contributed by atoms with Gasteiger partial charge in [-0.2, -0.15) is 0 Å². The van der Waals surface area contributed by atoms with Crippen LogP contribution in [0.5, 0.6) is 0 Å². The summed E-state index contributed by atoms with van der Waals surface area (Å²) in [6, 6.07) is 0. The molecule has 0 aliphatic heterocycles. The molecule has 0 unspecified atom stereocenters. The third-order valence-corrected chi connectivity index (χ3v) is 0. The summed E-state index contributed by atoms with van der Waals surface area (Å²) in [5.74, 6) is 0. The van der Waals surface area contributed by atoms with E-state index in [1.165, 1.54) is 0 Å². The van der Waals surface area contributed by atoms with Gasteiger partial charge in [-0.1, -0.05) is 26.2 Å². The molecule has 0 atom stereocenters. The molecule has 3 radical (unpaired) electrons. The maximum atomic E-state index is 2.21. The molecular weight excluding hydrogens is 193 g/mol. The zero-order chi connectivity index (χ0) is 5.41. The Morgan fingerprint density at radius 2 is 0.714 bits per heavy atom. The molecule has 0 aromatic carbocycles. The van der Waals surface area contributed by atoms with Crippen LogP contribution in [-0.4, -0.2) is 19.0 Å². The molecule has 0 heterocycles. The molecule has 0 aliphatic carbocycles. The van der Waals surface area contributed by atoms with E-state index in [-0.39, 0.29) is 32.7 Å². The topological polar surface area (TPSA) is 0 Å². The fourth-order valence-corrected chi connectivity index (χ4v) is 0. The molecule has 0 saturated carbocycles. The van der Waals surface area contributed by atoms with Crippen LogP contribution in [0.4, 0.5) is 0 Å². The van der Waals surface area contributed by atoms with Crippen molar-refractivity contribution in [1.82, 2.24) is 0 Å². The average molecular weight is 207 g/mol. The number of hydrogen-bond acceptors (Lipinski definition) is 0. The second-order valence-electron chi connectivity index (χ2n) is 1.15. The minimum absolute atomic E-state index is 0. The molecule has 0 N–H and O–H groups in total. The van der Waals surface area contributed by atoms with Crippen LogP contribution >= 0.6 is 0 Å². The zero-order valence-corrected chi connectivity index (χ0v) is 10.9. The molecule has 0 aliphatic rings. The Bertz CT molecular complexity index is 11.7. The first-order valence-electron chi connectivity index (χ1n) is 2.31. The Balaban J connectivity index is -0.0000000400. The van der Waals surface area contributed by atoms with Gasteiger partial charge in [-0.05, 0) is 0 Å². The Labute approximate surface area is 77.4 Å². The predicted octanol–water partition coefficient (Wildman–Crippen LogP) is 1.04. The molecule has 0 saturated heterocycles. The average Bonchev–Trinajstić information content (AvgIpc) is 1.39. The maximum absolute atomic E-state index is 2.21. The minimum Gasteiger partial charge on any atom is -0.0743 e. The van der Waals surface area contributed by atoms with Crippen molar-refractivity contribution in [2.75, 3.05) is 0 Å². The van der Waals surface area contributed by atoms with Gasteiger partial charge in [-0.25, -0.2) is 0 Å². The monoisotopic (exact) mass is 207 g/mol. The quantitative estimate of drug-likeness (QED) is 0.521. The normalized spacial score (nSPS) is 5.14. The fraction of sp³-hybridized carbons (Fsp3) is 1.00. The third-order valence-electron chi connectivity index (χ3n) is 0. The van der Waals surface area contributed by atoms with E-state index in [2.05, 4.69) is 26.2 Å². The summed E-state index contributed by atoms with van der Waals surface area (Å²) in [6.45, 7) is 8.83. The van der Waals surface area contributed by atoms with Crippen LogP contribution in [0.1, 0.15) is 0 Å². The van der Waals surface area contributed by atoms with Gasteiger partial charge in [0.25, 0.3) is 0 Å². The van der Waals surface area contributed by atoms with E-state index in [9.17, 15) is 0 Å². The summed E-state index contributed by atoms with van der Waals surface area (Å²) >= 11 is 0. The SMILES string of the molecule is C[SiH]C.C[SiH]C.[Y]. The molecule has 0 bridgehead atoms. The zero-order valence-electron chi connectivity index (χ0n) is 5.73. The van der Waals surface area contributed by atoms with Crippen molar-refractivity contribution < 1.29 is 32.7 Å². The first-order chi connectivity index (χ1) is 2.83. The van der Waals surface area contributed by atoms with Crippen molar-refractivity contribution in [3.8, 4) is 0 Å². The molecule has 0 aromatic heterocycles. The summed E-state index contributed by atoms with van der Waals surface area (Å²) in [5.41, 5.74) is 0. The molecule has 0 nitrogen and oxygen atoms in total. The van der Waals surface area contributed by atoms with Crippen molar-refractivity contribution >= 4 is 19.0 Å². The van der Waals surface area contributed by atoms with Gasteiger partial charge in [0.15, 0.2) is 0 Å². The van der Waals surface area contributed by atoms with E-state index < -0.39 is 0 Å². The molecule has 0 amide bonds. The Morgan fingerprint density at radius 1 is 0.714 bits per heavy atom. The summed E-state index contributed by atoms with van der Waals surface area (Å²) < 4.78 is 0. The van der Waals surface area contributed by atoms with Crippen LogP contribution in [0.3, 0.4) is 0 Å². The predicted molar refractivity (Wildman–Crippen MR) is 37.8 cm³/mol. The van der Waals surface area contributed by atoms with E-state index >= 15 is 0 Å². The standard InChI is InChI=1S/2C2H7Si.Y/c2*1-3-2;/h2*3H,1-2H3;. The first kappa shape index (κ1) is 15.8. The van der Waals surface area contributed by atoms with E-state index in [0.717, 1.165) is 19.0 Å². The maximum Gasteiger partial charge on any atom is 0.0213 e. The van der Waals surface area contributed by atoms with Crippen LogP contribution in [0.2, 0.25) is 26.2 Å². The molecule has 41 valence electrons. The first-order valence-corrected chi connectivity index (χ1v) is 6.93. The second kappa shape index (κ2) is 25.7. The Hall–Kier alpha value is 1.54. The molecule has 3 heteroatoms. The number of hydrogen-bond donors (Lipinski definition) is 0. The van der Waals surface area contributed by atoms with Crippen LogP contribution in [-0.2, 0) is 32.7 Å². The van der Waals surface area contributed by atoms with Crippen LogP contribution in [0.15, 0.2) is 0 Å². The van der Waals surface area contributed by atoms with E-state index in [1.54, 1.807) is 0 Å². The van der Waals surface area contributed by atoms with E-state index in [1.807, 2.05) is 0 Å². The smallest absolute Gasteiger partial charge is 0.0213 e. The number of rotatable bonds is 0. The van der Waals surface area contributed by atoms with Crippen LogP contribution in [0, 0.1) is 0 Å². The molecule has 0 spiro atoms. The van der Waals surface area contributed by atoms with Crippen LogP contribution in [0.25, 0.3) is 0 Å². The van der Waals surface area contributed by atoms with Gasteiger partial charge in [-0.3, -0.25) is 0 Å². The summed E-state index contributed by atoms with van der Waals surface area (Å²) in [7, 11) is 1.50. The minimum atomic E-state index is 0. The van der Waals surface area contributed by atoms with Crippen molar-refractivity contribution in [3.05, 3.63) is 0 Å².